The number of carbonyl (C=O) groups is 6. The monoisotopic (exact) mass is 1200 g/mol. The van der Waals surface area contributed by atoms with E-state index in [9.17, 15) is 37.5 Å². The second kappa shape index (κ2) is 37.8. The SMILES string of the molecule is CC(=O)OC1C(=O)CCC1=O.COc1ccc(NCCCCCCCC(C)=O)c(CN(C(C)=O)c2cc(F)ccc2Oc2ccccc2)c1.COc1ccc(NCCCCCCN)c(CN(C(C)=O)c2cc(F)ccc2Oc2ccccc2)c1.[Ar]. The number of para-hydroxylation sites is 2. The minimum Gasteiger partial charge on any atom is -0.497 e. The topological polar surface area (TPSA) is 205 Å². The summed E-state index contributed by atoms with van der Waals surface area (Å²) in [6.07, 6.45) is 9.36. The quantitative estimate of drug-likeness (QED) is 0.0227. The first-order valence-corrected chi connectivity index (χ1v) is 28.3. The van der Waals surface area contributed by atoms with Crippen LogP contribution in [0.2, 0.25) is 0 Å². The zero-order valence-electron chi connectivity index (χ0n) is 49.4. The fourth-order valence-corrected chi connectivity index (χ4v) is 8.96. The number of nitrogens with one attached hydrogen (secondary N) is 2. The summed E-state index contributed by atoms with van der Waals surface area (Å²) >= 11 is 0. The Labute approximate surface area is 528 Å². The summed E-state index contributed by atoms with van der Waals surface area (Å²) in [6.45, 7) is 8.44. The maximum atomic E-state index is 14.4. The van der Waals surface area contributed by atoms with Crippen molar-refractivity contribution in [2.24, 2.45) is 5.73 Å². The number of ether oxygens (including phenoxy) is 5. The molecule has 2 amide bonds. The van der Waals surface area contributed by atoms with Gasteiger partial charge in [-0.05, 0) is 135 Å². The van der Waals surface area contributed by atoms with E-state index in [2.05, 4.69) is 15.4 Å². The number of rotatable bonds is 29. The van der Waals surface area contributed by atoms with E-state index in [1.165, 1.54) is 60.9 Å². The van der Waals surface area contributed by atoms with Gasteiger partial charge in [-0.25, -0.2) is 8.78 Å². The molecule has 0 heterocycles. The van der Waals surface area contributed by atoms with Crippen LogP contribution in [0.25, 0.3) is 0 Å². The number of amides is 2. The molecule has 0 radical (unpaired) electrons. The largest absolute Gasteiger partial charge is 0.497 e. The summed E-state index contributed by atoms with van der Waals surface area (Å²) in [5.74, 6) is 1.01. The Morgan fingerprint density at radius 1 is 0.529 bits per heavy atom. The first kappa shape index (κ1) is 70.1. The Kier molecular flexibility index (Phi) is 31.2. The summed E-state index contributed by atoms with van der Waals surface area (Å²) in [4.78, 5) is 71.7. The molecule has 16 nitrogen and oxygen atoms in total. The number of esters is 1. The van der Waals surface area contributed by atoms with Gasteiger partial charge in [0, 0.05) is 114 Å². The van der Waals surface area contributed by atoms with Crippen LogP contribution in [-0.2, 0) is 46.6 Å². The van der Waals surface area contributed by atoms with E-state index in [1.54, 1.807) is 39.3 Å². The van der Waals surface area contributed by atoms with Crippen molar-refractivity contribution in [3.8, 4) is 34.5 Å². The predicted molar refractivity (Wildman–Crippen MR) is 323 cm³/mol. The third-order valence-electron chi connectivity index (χ3n) is 13.4. The molecule has 1 fully saturated rings. The van der Waals surface area contributed by atoms with Crippen molar-refractivity contribution in [3.05, 3.63) is 156 Å². The van der Waals surface area contributed by atoms with Gasteiger partial charge < -0.3 is 54.6 Å². The minimum absolute atomic E-state index is 0. The molecular formula is C66H79ArF2N5O11. The van der Waals surface area contributed by atoms with Crippen LogP contribution in [0.15, 0.2) is 133 Å². The number of benzene rings is 6. The number of unbranched alkanes of at least 4 members (excludes halogenated alkanes) is 7. The fraction of sp³-hybridized carbons (Fsp3) is 0.364. The number of Topliss-reactive ketones (excluding diaryl/α,β-unsaturated/α-hetero) is 3. The van der Waals surface area contributed by atoms with E-state index in [4.69, 9.17) is 24.7 Å². The third kappa shape index (κ3) is 24.3. The molecule has 4 N–H and O–H groups in total. The summed E-state index contributed by atoms with van der Waals surface area (Å²) in [5, 5.41) is 6.96. The number of halogens is 2. The fourth-order valence-electron chi connectivity index (χ4n) is 8.96. The summed E-state index contributed by atoms with van der Waals surface area (Å²) in [6, 6.07) is 38.2. The Morgan fingerprint density at radius 2 is 0.941 bits per heavy atom. The summed E-state index contributed by atoms with van der Waals surface area (Å²) in [7, 11) is 3.20. The van der Waals surface area contributed by atoms with Gasteiger partial charge in [-0.2, -0.15) is 0 Å². The number of carbonyl (C=O) groups excluding carboxylic acids is 6. The van der Waals surface area contributed by atoms with E-state index in [-0.39, 0.29) is 92.8 Å². The standard InChI is InChI=1S/C31H37FN2O4.C28H34FN3O3.C7H8O4.Ar/c1-23(35)12-8-5-4-6-11-19-33-29-17-16-28(37-3)20-25(29)22-34(24(2)36)30-21-26(32)15-18-31(30)38-27-13-9-7-10-14-27;1-21(33)32(27-19-23(29)12-15-28(27)35-24-10-6-5-7-11-24)20-22-18-25(34-2)13-14-26(22)31-17-9-4-3-8-16-30;1-4(8)11-7-5(9)2-3-6(7)10;/h7,9-10,13-18,20-21,33H,4-6,8,11-12,19,22H2,1-3H3;5-7,10-15,18-19,31H,3-4,8-9,16-17,20,30H2,1-2H3;7H,2-3H2,1H3;. The van der Waals surface area contributed by atoms with Gasteiger partial charge in [-0.3, -0.25) is 24.0 Å². The summed E-state index contributed by atoms with van der Waals surface area (Å²) in [5.41, 5.74) is 9.76. The Morgan fingerprint density at radius 3 is 1.33 bits per heavy atom. The van der Waals surface area contributed by atoms with Crippen LogP contribution in [0, 0.1) is 49.4 Å². The second-order valence-electron chi connectivity index (χ2n) is 20.0. The van der Waals surface area contributed by atoms with Gasteiger partial charge >= 0.3 is 5.97 Å². The maximum absolute atomic E-state index is 14.4. The van der Waals surface area contributed by atoms with E-state index >= 15 is 0 Å². The van der Waals surface area contributed by atoms with Gasteiger partial charge in [-0.1, -0.05) is 68.5 Å². The molecule has 7 rings (SSSR count). The van der Waals surface area contributed by atoms with Crippen molar-refractivity contribution < 1.29 is 99.0 Å². The van der Waals surface area contributed by atoms with Crippen molar-refractivity contribution in [3.63, 3.8) is 0 Å². The van der Waals surface area contributed by atoms with Gasteiger partial charge in [0.25, 0.3) is 0 Å². The van der Waals surface area contributed by atoms with Gasteiger partial charge in [-0.15, -0.1) is 0 Å². The van der Waals surface area contributed by atoms with Crippen molar-refractivity contribution in [1.29, 1.82) is 0 Å². The van der Waals surface area contributed by atoms with Crippen molar-refractivity contribution in [2.45, 2.75) is 124 Å². The van der Waals surface area contributed by atoms with Crippen LogP contribution in [0.1, 0.15) is 116 Å². The first-order valence-electron chi connectivity index (χ1n) is 28.3. The number of hydrogen-bond acceptors (Lipinski definition) is 14. The molecule has 0 aromatic heterocycles. The van der Waals surface area contributed by atoms with Gasteiger partial charge in [0.05, 0.1) is 38.7 Å². The molecule has 0 aliphatic heterocycles. The van der Waals surface area contributed by atoms with Crippen LogP contribution in [-0.4, -0.2) is 75.1 Å². The van der Waals surface area contributed by atoms with Crippen molar-refractivity contribution in [2.75, 3.05) is 54.3 Å². The van der Waals surface area contributed by atoms with E-state index < -0.39 is 23.7 Å². The number of nitrogens with two attached hydrogens (primary N) is 1. The Balaban J connectivity index is 0.000000306. The third-order valence-corrected chi connectivity index (χ3v) is 13.4. The molecule has 456 valence electrons. The molecule has 6 aromatic carbocycles. The number of nitrogens with zero attached hydrogens (tertiary/aromatic N) is 2. The maximum Gasteiger partial charge on any atom is 0.303 e. The molecule has 0 saturated heterocycles. The first-order chi connectivity index (χ1) is 40.5. The number of ketones is 3. The smallest absolute Gasteiger partial charge is 0.303 e. The summed E-state index contributed by atoms with van der Waals surface area (Å²) < 4.78 is 56.1. The van der Waals surface area contributed by atoms with Crippen molar-refractivity contribution >= 4 is 57.9 Å². The minimum atomic E-state index is -1.10. The Hall–Kier alpha value is -7.38. The van der Waals surface area contributed by atoms with Gasteiger partial charge in [0.1, 0.15) is 40.4 Å². The van der Waals surface area contributed by atoms with E-state index in [0.29, 0.717) is 58.8 Å². The van der Waals surface area contributed by atoms with Gasteiger partial charge in [0.2, 0.25) is 17.9 Å². The van der Waals surface area contributed by atoms with Crippen LogP contribution < -0.4 is 45.1 Å². The molecule has 0 unspecified atom stereocenters. The van der Waals surface area contributed by atoms with Crippen molar-refractivity contribution in [1.82, 2.24) is 0 Å². The normalized spacial score (nSPS) is 11.6. The molecular weight excluding hydrogens is 1120 g/mol. The molecule has 85 heavy (non-hydrogen) atoms. The molecule has 1 aliphatic carbocycles. The van der Waals surface area contributed by atoms with Crippen LogP contribution in [0.4, 0.5) is 31.5 Å². The molecule has 0 bridgehead atoms. The number of methoxy groups -OCH3 is 2. The molecule has 0 atom stereocenters. The van der Waals surface area contributed by atoms with E-state index in [1.807, 2.05) is 84.9 Å². The molecule has 0 spiro atoms. The number of anilines is 4. The second-order valence-corrected chi connectivity index (χ2v) is 20.0. The predicted octanol–water partition coefficient (Wildman–Crippen LogP) is 13.5. The zero-order valence-corrected chi connectivity index (χ0v) is 50.1. The molecule has 1 saturated carbocycles. The number of hydrogen-bond donors (Lipinski definition) is 3. The average Bonchev–Trinajstić information content (AvgIpc) is 3.18. The zero-order chi connectivity index (χ0) is 60.8. The van der Waals surface area contributed by atoms with E-state index in [0.717, 1.165) is 93.4 Å². The average molecular weight is 1200 g/mol. The molecule has 6 aromatic rings. The van der Waals surface area contributed by atoms with Gasteiger partial charge in [0.15, 0.2) is 23.1 Å². The molecule has 1 aliphatic rings. The van der Waals surface area contributed by atoms with Crippen LogP contribution in [0.3, 0.4) is 0 Å². The van der Waals surface area contributed by atoms with Crippen LogP contribution >= 0.6 is 0 Å². The van der Waals surface area contributed by atoms with Crippen LogP contribution in [0.5, 0.6) is 34.5 Å². The molecule has 19 heteroatoms. The Bertz CT molecular complexity index is 3080.